The summed E-state index contributed by atoms with van der Waals surface area (Å²) in [5.41, 5.74) is 0.242. The molecular formula is C10H6ClFN2S. The van der Waals surface area contributed by atoms with Gasteiger partial charge in [-0.2, -0.15) is 0 Å². The lowest BCUT2D eigenvalue weighted by Crippen LogP contribution is -1.92. The highest BCUT2D eigenvalue weighted by molar-refractivity contribution is 7.71. The summed E-state index contributed by atoms with van der Waals surface area (Å²) in [6.45, 7) is 0. The molecule has 0 radical (unpaired) electrons. The number of nitrogens with one attached hydrogen (secondary N) is 1. The van der Waals surface area contributed by atoms with Gasteiger partial charge < -0.3 is 4.98 Å². The Morgan fingerprint density at radius 3 is 2.80 bits per heavy atom. The van der Waals surface area contributed by atoms with Crippen LogP contribution in [-0.2, 0) is 0 Å². The van der Waals surface area contributed by atoms with E-state index in [1.54, 1.807) is 18.2 Å². The predicted octanol–water partition coefficient (Wildman–Crippen LogP) is 3.60. The van der Waals surface area contributed by atoms with Crippen LogP contribution in [0.1, 0.15) is 0 Å². The van der Waals surface area contributed by atoms with E-state index in [1.807, 2.05) is 0 Å². The monoisotopic (exact) mass is 240 g/mol. The molecule has 0 aliphatic rings. The third-order valence-electron chi connectivity index (χ3n) is 1.87. The van der Waals surface area contributed by atoms with Gasteiger partial charge in [-0.05, 0) is 18.2 Å². The molecular weight excluding hydrogens is 235 g/mol. The molecule has 5 heteroatoms. The van der Waals surface area contributed by atoms with Gasteiger partial charge in [0.2, 0.25) is 0 Å². The van der Waals surface area contributed by atoms with Crippen molar-refractivity contribution in [1.29, 1.82) is 0 Å². The number of H-pyrrole nitrogens is 1. The Labute approximate surface area is 95.8 Å². The van der Waals surface area contributed by atoms with Crippen molar-refractivity contribution in [2.45, 2.75) is 0 Å². The van der Waals surface area contributed by atoms with Crippen LogP contribution in [0.2, 0.25) is 5.02 Å². The highest BCUT2D eigenvalue weighted by atomic mass is 35.5. The maximum atomic E-state index is 13.5. The smallest absolute Gasteiger partial charge is 0.142 e. The maximum absolute atomic E-state index is 13.5. The number of rotatable bonds is 1. The van der Waals surface area contributed by atoms with Crippen LogP contribution in [0, 0.1) is 10.5 Å². The number of nitrogens with zero attached hydrogens (tertiary/aromatic N) is 1. The summed E-state index contributed by atoms with van der Waals surface area (Å²) in [5, 5.41) is 0.305. The normalized spacial score (nSPS) is 10.3. The number of hydrogen-bond acceptors (Lipinski definition) is 2. The average Bonchev–Trinajstić information content (AvgIpc) is 2.17. The van der Waals surface area contributed by atoms with Crippen LogP contribution in [-0.4, -0.2) is 9.97 Å². The molecule has 0 atom stereocenters. The average molecular weight is 241 g/mol. The Hall–Kier alpha value is -1.26. The van der Waals surface area contributed by atoms with Crippen molar-refractivity contribution in [3.8, 4) is 11.4 Å². The van der Waals surface area contributed by atoms with E-state index in [0.29, 0.717) is 15.5 Å². The van der Waals surface area contributed by atoms with Crippen LogP contribution >= 0.6 is 23.8 Å². The van der Waals surface area contributed by atoms with E-state index in [2.05, 4.69) is 9.97 Å². The number of benzene rings is 1. The third-order valence-corrected chi connectivity index (χ3v) is 2.42. The molecule has 0 aliphatic heterocycles. The van der Waals surface area contributed by atoms with Gasteiger partial charge in [0, 0.05) is 6.20 Å². The van der Waals surface area contributed by atoms with Crippen molar-refractivity contribution in [1.82, 2.24) is 9.97 Å². The second-order valence-electron chi connectivity index (χ2n) is 2.88. The molecule has 1 aromatic heterocycles. The molecule has 15 heavy (non-hydrogen) atoms. The van der Waals surface area contributed by atoms with Gasteiger partial charge in [0.15, 0.2) is 0 Å². The van der Waals surface area contributed by atoms with E-state index < -0.39 is 5.82 Å². The van der Waals surface area contributed by atoms with Gasteiger partial charge in [-0.3, -0.25) is 0 Å². The van der Waals surface area contributed by atoms with E-state index in [9.17, 15) is 4.39 Å². The molecule has 1 aromatic carbocycles. The Kier molecular flexibility index (Phi) is 2.79. The minimum absolute atomic E-state index is 0.242. The van der Waals surface area contributed by atoms with Crippen LogP contribution in [0.15, 0.2) is 30.5 Å². The minimum Gasteiger partial charge on any atom is -0.331 e. The zero-order valence-corrected chi connectivity index (χ0v) is 9.07. The summed E-state index contributed by atoms with van der Waals surface area (Å²) in [4.78, 5) is 6.77. The molecule has 0 unspecified atom stereocenters. The van der Waals surface area contributed by atoms with E-state index in [-0.39, 0.29) is 5.56 Å². The SMILES string of the molecule is Fc1cccc(Cl)c1-c1nccc(=S)[nH]1. The molecule has 2 rings (SSSR count). The van der Waals surface area contributed by atoms with Crippen LogP contribution in [0.3, 0.4) is 0 Å². The first kappa shape index (κ1) is 10.3. The van der Waals surface area contributed by atoms with Crippen LogP contribution < -0.4 is 0 Å². The number of halogens is 2. The molecule has 0 bridgehead atoms. The molecule has 0 spiro atoms. The number of aromatic nitrogens is 2. The molecule has 1 N–H and O–H groups in total. The number of aromatic amines is 1. The second kappa shape index (κ2) is 4.08. The molecule has 0 aliphatic carbocycles. The van der Waals surface area contributed by atoms with Crippen molar-refractivity contribution in [3.05, 3.63) is 45.9 Å². The molecule has 2 aromatic rings. The lowest BCUT2D eigenvalue weighted by atomic mass is 10.2. The fraction of sp³-hybridized carbons (Fsp3) is 0. The van der Waals surface area contributed by atoms with Gasteiger partial charge >= 0.3 is 0 Å². The number of hydrogen-bond donors (Lipinski definition) is 1. The quantitative estimate of drug-likeness (QED) is 0.772. The summed E-state index contributed by atoms with van der Waals surface area (Å²) in [6, 6.07) is 6.09. The Balaban J connectivity index is 2.69. The Morgan fingerprint density at radius 1 is 1.33 bits per heavy atom. The summed E-state index contributed by atoms with van der Waals surface area (Å²) in [7, 11) is 0. The van der Waals surface area contributed by atoms with Crippen molar-refractivity contribution >= 4 is 23.8 Å². The molecule has 1 heterocycles. The standard InChI is InChI=1S/C10H6ClFN2S/c11-6-2-1-3-7(12)9(6)10-13-5-4-8(15)14-10/h1-5H,(H,13,14,15). The topological polar surface area (TPSA) is 28.7 Å². The van der Waals surface area contributed by atoms with E-state index in [4.69, 9.17) is 23.8 Å². The van der Waals surface area contributed by atoms with Gasteiger partial charge in [-0.15, -0.1) is 0 Å². The van der Waals surface area contributed by atoms with Gasteiger partial charge in [-0.1, -0.05) is 29.9 Å². The van der Waals surface area contributed by atoms with Crippen molar-refractivity contribution in [2.24, 2.45) is 0 Å². The fourth-order valence-electron chi connectivity index (χ4n) is 1.22. The summed E-state index contributed by atoms with van der Waals surface area (Å²) in [5.74, 6) is -0.0857. The Bertz CT molecular complexity index is 533. The highest BCUT2D eigenvalue weighted by Crippen LogP contribution is 2.27. The van der Waals surface area contributed by atoms with Gasteiger partial charge in [-0.25, -0.2) is 9.37 Å². The van der Waals surface area contributed by atoms with E-state index >= 15 is 0 Å². The zero-order chi connectivity index (χ0) is 10.8. The maximum Gasteiger partial charge on any atom is 0.142 e. The third kappa shape index (κ3) is 2.06. The van der Waals surface area contributed by atoms with Gasteiger partial charge in [0.05, 0.1) is 10.6 Å². The zero-order valence-electron chi connectivity index (χ0n) is 7.50. The van der Waals surface area contributed by atoms with E-state index in [1.165, 1.54) is 12.3 Å². The molecule has 2 nitrogen and oxygen atoms in total. The summed E-state index contributed by atoms with van der Waals surface area (Å²) in [6.07, 6.45) is 1.51. The first-order valence-corrected chi connectivity index (χ1v) is 4.97. The first-order chi connectivity index (χ1) is 7.18. The molecule has 0 amide bonds. The van der Waals surface area contributed by atoms with Crippen LogP contribution in [0.5, 0.6) is 0 Å². The lowest BCUT2D eigenvalue weighted by Gasteiger charge is -2.04. The van der Waals surface area contributed by atoms with E-state index in [0.717, 1.165) is 0 Å². The summed E-state index contributed by atoms with van der Waals surface area (Å²) >= 11 is 10.8. The van der Waals surface area contributed by atoms with Crippen molar-refractivity contribution in [3.63, 3.8) is 0 Å². The van der Waals surface area contributed by atoms with Crippen molar-refractivity contribution < 1.29 is 4.39 Å². The van der Waals surface area contributed by atoms with Crippen molar-refractivity contribution in [2.75, 3.05) is 0 Å². The Morgan fingerprint density at radius 2 is 2.13 bits per heavy atom. The fourth-order valence-corrected chi connectivity index (χ4v) is 1.63. The summed E-state index contributed by atoms with van der Waals surface area (Å²) < 4.78 is 14.0. The first-order valence-electron chi connectivity index (χ1n) is 4.18. The molecule has 0 fully saturated rings. The largest absolute Gasteiger partial charge is 0.331 e. The molecule has 0 saturated heterocycles. The van der Waals surface area contributed by atoms with Gasteiger partial charge in [0.25, 0.3) is 0 Å². The second-order valence-corrected chi connectivity index (χ2v) is 3.73. The van der Waals surface area contributed by atoms with Gasteiger partial charge in [0.1, 0.15) is 16.3 Å². The lowest BCUT2D eigenvalue weighted by molar-refractivity contribution is 0.630. The minimum atomic E-state index is -0.424. The highest BCUT2D eigenvalue weighted by Gasteiger charge is 2.10. The molecule has 76 valence electrons. The van der Waals surface area contributed by atoms with Crippen LogP contribution in [0.4, 0.5) is 4.39 Å². The van der Waals surface area contributed by atoms with Crippen LogP contribution in [0.25, 0.3) is 11.4 Å². The predicted molar refractivity (Wildman–Crippen MR) is 59.8 cm³/mol. The molecule has 0 saturated carbocycles.